The van der Waals surface area contributed by atoms with Crippen molar-refractivity contribution in [1.82, 2.24) is 10.2 Å². The van der Waals surface area contributed by atoms with Gasteiger partial charge < -0.3 is 15.0 Å². The molecule has 1 unspecified atom stereocenters. The first-order valence-corrected chi connectivity index (χ1v) is 8.68. The molecule has 0 aliphatic carbocycles. The Labute approximate surface area is 149 Å². The zero-order chi connectivity index (χ0) is 17.9. The molecule has 132 valence electrons. The summed E-state index contributed by atoms with van der Waals surface area (Å²) in [4.78, 5) is 14.5. The normalized spacial score (nSPS) is 16.6. The molecule has 1 atom stereocenters. The van der Waals surface area contributed by atoms with Crippen LogP contribution in [0.15, 0.2) is 54.6 Å². The Morgan fingerprint density at radius 1 is 1.12 bits per heavy atom. The summed E-state index contributed by atoms with van der Waals surface area (Å²) in [5.41, 5.74) is 3.43. The number of nitrogens with one attached hydrogen (secondary N) is 1. The lowest BCUT2D eigenvalue weighted by molar-refractivity contribution is -0.108. The fourth-order valence-electron chi connectivity index (χ4n) is 3.18. The van der Waals surface area contributed by atoms with Crippen molar-refractivity contribution in [2.45, 2.75) is 19.9 Å². The van der Waals surface area contributed by atoms with Crippen molar-refractivity contribution < 1.29 is 9.53 Å². The molecule has 3 rings (SSSR count). The fourth-order valence-corrected chi connectivity index (χ4v) is 3.18. The van der Waals surface area contributed by atoms with Gasteiger partial charge in [-0.1, -0.05) is 67.1 Å². The van der Waals surface area contributed by atoms with Gasteiger partial charge in [0.25, 0.3) is 0 Å². The van der Waals surface area contributed by atoms with Crippen LogP contribution in [-0.2, 0) is 4.74 Å². The first-order chi connectivity index (χ1) is 12.0. The Morgan fingerprint density at radius 2 is 1.72 bits per heavy atom. The summed E-state index contributed by atoms with van der Waals surface area (Å²) in [5.74, 6) is 0. The van der Waals surface area contributed by atoms with E-state index in [0.717, 1.165) is 11.1 Å². The molecule has 0 aromatic heterocycles. The molecular formula is C21H26N2O2. The van der Waals surface area contributed by atoms with E-state index in [1.807, 2.05) is 37.4 Å². The number of amides is 2. The van der Waals surface area contributed by atoms with Crippen molar-refractivity contribution in [2.75, 3.05) is 26.8 Å². The highest BCUT2D eigenvalue weighted by atomic mass is 16.5. The van der Waals surface area contributed by atoms with E-state index in [4.69, 9.17) is 4.74 Å². The molecule has 2 amide bonds. The van der Waals surface area contributed by atoms with Crippen LogP contribution in [0.2, 0.25) is 0 Å². The third-order valence-corrected chi connectivity index (χ3v) is 4.68. The van der Waals surface area contributed by atoms with E-state index in [-0.39, 0.29) is 17.5 Å². The summed E-state index contributed by atoms with van der Waals surface area (Å²) in [6.07, 6.45) is 0. The van der Waals surface area contributed by atoms with Crippen molar-refractivity contribution in [3.63, 3.8) is 0 Å². The maximum atomic E-state index is 12.8. The zero-order valence-electron chi connectivity index (χ0n) is 15.2. The van der Waals surface area contributed by atoms with Crippen LogP contribution in [0.1, 0.15) is 29.7 Å². The number of aryl methyl sites for hydroxylation is 1. The predicted molar refractivity (Wildman–Crippen MR) is 99.6 cm³/mol. The van der Waals surface area contributed by atoms with Gasteiger partial charge in [-0.15, -0.1) is 0 Å². The van der Waals surface area contributed by atoms with Crippen molar-refractivity contribution in [2.24, 2.45) is 5.41 Å². The molecule has 1 saturated heterocycles. The van der Waals surface area contributed by atoms with E-state index >= 15 is 0 Å². The van der Waals surface area contributed by atoms with Gasteiger partial charge in [-0.05, 0) is 18.1 Å². The molecule has 1 aliphatic heterocycles. The molecule has 0 bridgehead atoms. The van der Waals surface area contributed by atoms with Crippen LogP contribution in [0.5, 0.6) is 0 Å². The summed E-state index contributed by atoms with van der Waals surface area (Å²) in [6.45, 7) is 6.33. The van der Waals surface area contributed by atoms with Crippen LogP contribution < -0.4 is 5.32 Å². The Bertz CT molecular complexity index is 708. The molecule has 1 N–H and O–H groups in total. The molecule has 0 saturated carbocycles. The summed E-state index contributed by atoms with van der Waals surface area (Å²) in [7, 11) is 1.84. The molecule has 1 heterocycles. The maximum Gasteiger partial charge on any atom is 0.317 e. The Morgan fingerprint density at radius 3 is 2.28 bits per heavy atom. The molecule has 25 heavy (non-hydrogen) atoms. The lowest BCUT2D eigenvalue weighted by Gasteiger charge is -2.41. The first kappa shape index (κ1) is 17.5. The SMILES string of the molecule is Cc1ccc(C(NC(=O)N(C)CC2(C)COC2)c2ccccc2)cc1. The van der Waals surface area contributed by atoms with Gasteiger partial charge in [0.05, 0.1) is 19.3 Å². The number of ether oxygens (including phenoxy) is 1. The first-order valence-electron chi connectivity index (χ1n) is 8.68. The highest BCUT2D eigenvalue weighted by molar-refractivity contribution is 5.75. The number of benzene rings is 2. The van der Waals surface area contributed by atoms with Crippen LogP contribution in [-0.4, -0.2) is 37.7 Å². The highest BCUT2D eigenvalue weighted by Gasteiger charge is 2.35. The van der Waals surface area contributed by atoms with Crippen molar-refractivity contribution in [3.8, 4) is 0 Å². The molecule has 2 aromatic rings. The molecule has 0 radical (unpaired) electrons. The summed E-state index contributed by atoms with van der Waals surface area (Å²) in [6, 6.07) is 18.2. The number of carbonyl (C=O) groups excluding carboxylic acids is 1. The number of hydrogen-bond donors (Lipinski definition) is 1. The topological polar surface area (TPSA) is 41.6 Å². The second kappa shape index (κ2) is 7.28. The number of carbonyl (C=O) groups is 1. The minimum Gasteiger partial charge on any atom is -0.380 e. The van der Waals surface area contributed by atoms with Crippen molar-refractivity contribution in [1.29, 1.82) is 0 Å². The van der Waals surface area contributed by atoms with E-state index in [1.165, 1.54) is 5.56 Å². The average Bonchev–Trinajstić information content (AvgIpc) is 2.59. The van der Waals surface area contributed by atoms with E-state index < -0.39 is 0 Å². The standard InChI is InChI=1S/C21H26N2O2/c1-16-9-11-18(12-10-16)19(17-7-5-4-6-8-17)22-20(24)23(3)13-21(2)14-25-15-21/h4-12,19H,13-15H2,1-3H3,(H,22,24). The van der Waals surface area contributed by atoms with Crippen molar-refractivity contribution >= 4 is 6.03 Å². The van der Waals surface area contributed by atoms with E-state index in [0.29, 0.717) is 19.8 Å². The van der Waals surface area contributed by atoms with Gasteiger partial charge in [0.15, 0.2) is 0 Å². The minimum atomic E-state index is -0.165. The van der Waals surface area contributed by atoms with Crippen LogP contribution in [0.4, 0.5) is 4.79 Å². The molecule has 4 heteroatoms. The Balaban J connectivity index is 1.77. The number of hydrogen-bond acceptors (Lipinski definition) is 2. The lowest BCUT2D eigenvalue weighted by Crippen LogP contribution is -2.51. The van der Waals surface area contributed by atoms with E-state index in [9.17, 15) is 4.79 Å². The smallest absolute Gasteiger partial charge is 0.317 e. The minimum absolute atomic E-state index is 0.0671. The van der Waals surface area contributed by atoms with E-state index in [1.54, 1.807) is 4.90 Å². The summed E-state index contributed by atoms with van der Waals surface area (Å²) in [5, 5.41) is 3.19. The maximum absolute atomic E-state index is 12.8. The van der Waals surface area contributed by atoms with Crippen molar-refractivity contribution in [3.05, 3.63) is 71.3 Å². The molecule has 2 aromatic carbocycles. The van der Waals surface area contributed by atoms with E-state index in [2.05, 4.69) is 43.4 Å². The molecule has 1 aliphatic rings. The molecule has 0 spiro atoms. The summed E-state index contributed by atoms with van der Waals surface area (Å²) < 4.78 is 5.29. The second-order valence-electron chi connectivity index (χ2n) is 7.36. The van der Waals surface area contributed by atoms with Crippen LogP contribution in [0.25, 0.3) is 0 Å². The van der Waals surface area contributed by atoms with Gasteiger partial charge in [0, 0.05) is 19.0 Å². The molecular weight excluding hydrogens is 312 g/mol. The third-order valence-electron chi connectivity index (χ3n) is 4.68. The Hall–Kier alpha value is -2.33. The molecule has 4 nitrogen and oxygen atoms in total. The van der Waals surface area contributed by atoms with Gasteiger partial charge >= 0.3 is 6.03 Å². The van der Waals surface area contributed by atoms with Crippen LogP contribution in [0.3, 0.4) is 0 Å². The largest absolute Gasteiger partial charge is 0.380 e. The van der Waals surface area contributed by atoms with Gasteiger partial charge in [-0.3, -0.25) is 0 Å². The van der Waals surface area contributed by atoms with Gasteiger partial charge in [0.1, 0.15) is 0 Å². The lowest BCUT2D eigenvalue weighted by atomic mass is 9.88. The number of nitrogens with zero attached hydrogens (tertiary/aromatic N) is 1. The monoisotopic (exact) mass is 338 g/mol. The predicted octanol–water partition coefficient (Wildman–Crippen LogP) is 3.76. The fraction of sp³-hybridized carbons (Fsp3) is 0.381. The Kier molecular flexibility index (Phi) is 5.09. The zero-order valence-corrected chi connectivity index (χ0v) is 15.2. The third kappa shape index (κ3) is 4.20. The number of rotatable bonds is 5. The quantitative estimate of drug-likeness (QED) is 0.902. The van der Waals surface area contributed by atoms with Gasteiger partial charge in [-0.25, -0.2) is 4.79 Å². The highest BCUT2D eigenvalue weighted by Crippen LogP contribution is 2.28. The van der Waals surface area contributed by atoms with Gasteiger partial charge in [-0.2, -0.15) is 0 Å². The average molecular weight is 338 g/mol. The van der Waals surface area contributed by atoms with Crippen LogP contribution in [0, 0.1) is 12.3 Å². The second-order valence-corrected chi connectivity index (χ2v) is 7.36. The van der Waals surface area contributed by atoms with Gasteiger partial charge in [0.2, 0.25) is 0 Å². The molecule has 1 fully saturated rings. The summed E-state index contributed by atoms with van der Waals surface area (Å²) >= 11 is 0. The van der Waals surface area contributed by atoms with Crippen LogP contribution >= 0.6 is 0 Å². The number of urea groups is 1.